The van der Waals surface area contributed by atoms with Crippen LogP contribution in [0.3, 0.4) is 0 Å². The Hall–Kier alpha value is -3.33. The first-order chi connectivity index (χ1) is 11.5. The van der Waals surface area contributed by atoms with Crippen LogP contribution in [0.5, 0.6) is 5.75 Å². The van der Waals surface area contributed by atoms with Crippen molar-refractivity contribution in [3.05, 3.63) is 53.6 Å². The molecule has 0 unspecified atom stereocenters. The summed E-state index contributed by atoms with van der Waals surface area (Å²) in [6, 6.07) is 12.8. The number of carbonyl (C=O) groups excluding carboxylic acids is 1. The number of anilines is 1. The van der Waals surface area contributed by atoms with Crippen molar-refractivity contribution >= 4 is 23.3 Å². The van der Waals surface area contributed by atoms with Crippen molar-refractivity contribution < 1.29 is 9.53 Å². The molecule has 0 spiro atoms. The molecule has 1 amide bonds. The van der Waals surface area contributed by atoms with Gasteiger partial charge in [0.15, 0.2) is 6.19 Å². The number of aryl methyl sites for hydroxylation is 2. The molecule has 0 saturated carbocycles. The standard InChI is InChI=1S/C18H18N4O2/c1-12-7-6-8-13(2)17(12)24-18(20-11-19)22-16-10-5-4-9-15(16)21-14(3)23/h4-10H,1-3H3,(H,20,22)(H,21,23). The van der Waals surface area contributed by atoms with Gasteiger partial charge in [0.25, 0.3) is 0 Å². The van der Waals surface area contributed by atoms with Crippen molar-refractivity contribution in [2.45, 2.75) is 20.8 Å². The van der Waals surface area contributed by atoms with Gasteiger partial charge in [0.2, 0.25) is 5.91 Å². The molecule has 2 aromatic rings. The van der Waals surface area contributed by atoms with Gasteiger partial charge in [-0.2, -0.15) is 10.3 Å². The zero-order valence-corrected chi connectivity index (χ0v) is 13.8. The first kappa shape index (κ1) is 17.0. The van der Waals surface area contributed by atoms with Crippen LogP contribution in [0.1, 0.15) is 18.1 Å². The molecule has 0 saturated heterocycles. The summed E-state index contributed by atoms with van der Waals surface area (Å²) in [5.41, 5.74) is 2.87. The van der Waals surface area contributed by atoms with Gasteiger partial charge < -0.3 is 10.1 Å². The molecule has 0 aliphatic rings. The first-order valence-electron chi connectivity index (χ1n) is 7.35. The minimum Gasteiger partial charge on any atom is -0.425 e. The molecule has 0 atom stereocenters. The van der Waals surface area contributed by atoms with Gasteiger partial charge in [-0.25, -0.2) is 5.32 Å². The molecule has 122 valence electrons. The van der Waals surface area contributed by atoms with Gasteiger partial charge in [0, 0.05) is 6.92 Å². The third-order valence-electron chi connectivity index (χ3n) is 3.21. The largest absolute Gasteiger partial charge is 0.425 e. The Kier molecular flexibility index (Phi) is 5.53. The highest BCUT2D eigenvalue weighted by Gasteiger charge is 2.10. The maximum atomic E-state index is 11.3. The molecule has 0 aromatic heterocycles. The van der Waals surface area contributed by atoms with Crippen LogP contribution in [-0.2, 0) is 4.79 Å². The molecule has 0 fully saturated rings. The maximum Gasteiger partial charge on any atom is 0.309 e. The minimum absolute atomic E-state index is 0.0349. The summed E-state index contributed by atoms with van der Waals surface area (Å²) in [6.45, 7) is 5.25. The summed E-state index contributed by atoms with van der Waals surface area (Å²) in [7, 11) is 0. The number of hydrogen-bond donors (Lipinski definition) is 2. The van der Waals surface area contributed by atoms with Gasteiger partial charge in [-0.15, -0.1) is 0 Å². The molecule has 0 bridgehead atoms. The second-order valence-electron chi connectivity index (χ2n) is 5.18. The molecule has 2 aromatic carbocycles. The Morgan fingerprint density at radius 2 is 1.79 bits per heavy atom. The van der Waals surface area contributed by atoms with E-state index in [2.05, 4.69) is 15.6 Å². The fourth-order valence-corrected chi connectivity index (χ4v) is 2.16. The number of ether oxygens (including phenoxy) is 1. The topological polar surface area (TPSA) is 86.5 Å². The number of amidine groups is 1. The molecule has 2 rings (SSSR count). The first-order valence-corrected chi connectivity index (χ1v) is 7.35. The van der Waals surface area contributed by atoms with E-state index < -0.39 is 0 Å². The van der Waals surface area contributed by atoms with E-state index in [-0.39, 0.29) is 11.9 Å². The van der Waals surface area contributed by atoms with Gasteiger partial charge in [-0.1, -0.05) is 30.3 Å². The molecular weight excluding hydrogens is 304 g/mol. The van der Waals surface area contributed by atoms with E-state index in [0.29, 0.717) is 17.1 Å². The number of amides is 1. The molecule has 0 heterocycles. The quantitative estimate of drug-likeness (QED) is 0.392. The summed E-state index contributed by atoms with van der Waals surface area (Å²) < 4.78 is 5.78. The summed E-state index contributed by atoms with van der Waals surface area (Å²) in [6.07, 6.45) is 1.81. The number of aliphatic imine (C=N–C) groups is 1. The lowest BCUT2D eigenvalue weighted by atomic mass is 10.1. The highest BCUT2D eigenvalue weighted by atomic mass is 16.5. The molecule has 0 aliphatic carbocycles. The van der Waals surface area contributed by atoms with E-state index in [4.69, 9.17) is 10.00 Å². The Balaban J connectivity index is 2.39. The van der Waals surface area contributed by atoms with Crippen molar-refractivity contribution in [2.75, 3.05) is 5.32 Å². The highest BCUT2D eigenvalue weighted by Crippen LogP contribution is 2.26. The average Bonchev–Trinajstić information content (AvgIpc) is 2.52. The summed E-state index contributed by atoms with van der Waals surface area (Å²) in [5, 5.41) is 14.1. The van der Waals surface area contributed by atoms with Gasteiger partial charge in [0.1, 0.15) is 5.75 Å². The summed E-state index contributed by atoms with van der Waals surface area (Å²) in [5.74, 6) is 0.430. The van der Waals surface area contributed by atoms with Crippen molar-refractivity contribution in [3.63, 3.8) is 0 Å². The van der Waals surface area contributed by atoms with E-state index >= 15 is 0 Å². The molecule has 2 N–H and O–H groups in total. The van der Waals surface area contributed by atoms with Crippen LogP contribution >= 0.6 is 0 Å². The number of nitrogens with one attached hydrogen (secondary N) is 2. The van der Waals surface area contributed by atoms with Crippen molar-refractivity contribution in [2.24, 2.45) is 4.99 Å². The lowest BCUT2D eigenvalue weighted by molar-refractivity contribution is -0.114. The van der Waals surface area contributed by atoms with Crippen LogP contribution in [-0.4, -0.2) is 11.9 Å². The second-order valence-corrected chi connectivity index (χ2v) is 5.18. The number of para-hydroxylation sites is 3. The van der Waals surface area contributed by atoms with Gasteiger partial charge >= 0.3 is 6.02 Å². The monoisotopic (exact) mass is 322 g/mol. The van der Waals surface area contributed by atoms with E-state index in [1.54, 1.807) is 24.3 Å². The van der Waals surface area contributed by atoms with Crippen LogP contribution in [0, 0.1) is 25.3 Å². The molecular formula is C18H18N4O2. The lowest BCUT2D eigenvalue weighted by Gasteiger charge is -2.13. The van der Waals surface area contributed by atoms with Crippen LogP contribution in [0.4, 0.5) is 11.4 Å². The number of rotatable bonds is 3. The number of nitriles is 1. The normalized spacial score (nSPS) is 10.7. The predicted octanol–water partition coefficient (Wildman–Crippen LogP) is 3.40. The highest BCUT2D eigenvalue weighted by molar-refractivity contribution is 5.93. The van der Waals surface area contributed by atoms with Crippen LogP contribution in [0.15, 0.2) is 47.5 Å². The van der Waals surface area contributed by atoms with E-state index in [0.717, 1.165) is 11.1 Å². The zero-order valence-electron chi connectivity index (χ0n) is 13.8. The fourth-order valence-electron chi connectivity index (χ4n) is 2.16. The van der Waals surface area contributed by atoms with E-state index in [1.807, 2.05) is 38.2 Å². The average molecular weight is 322 g/mol. The Bertz CT molecular complexity index is 802. The molecule has 24 heavy (non-hydrogen) atoms. The second kappa shape index (κ2) is 7.79. The molecule has 0 radical (unpaired) electrons. The predicted molar refractivity (Wildman–Crippen MR) is 93.1 cm³/mol. The number of nitrogens with zero attached hydrogens (tertiary/aromatic N) is 2. The van der Waals surface area contributed by atoms with Crippen LogP contribution in [0.25, 0.3) is 0 Å². The minimum atomic E-state index is -0.205. The van der Waals surface area contributed by atoms with Gasteiger partial charge in [-0.3, -0.25) is 4.79 Å². The third kappa shape index (κ3) is 4.34. The van der Waals surface area contributed by atoms with E-state index in [9.17, 15) is 4.79 Å². The molecule has 0 aliphatic heterocycles. The van der Waals surface area contributed by atoms with Crippen LogP contribution < -0.4 is 15.4 Å². The van der Waals surface area contributed by atoms with E-state index in [1.165, 1.54) is 6.92 Å². The lowest BCUT2D eigenvalue weighted by Crippen LogP contribution is -2.24. The maximum absolute atomic E-state index is 11.3. The van der Waals surface area contributed by atoms with Crippen molar-refractivity contribution in [3.8, 4) is 11.9 Å². The number of benzene rings is 2. The van der Waals surface area contributed by atoms with Crippen LogP contribution in [0.2, 0.25) is 0 Å². The smallest absolute Gasteiger partial charge is 0.309 e. The van der Waals surface area contributed by atoms with Crippen molar-refractivity contribution in [1.82, 2.24) is 5.32 Å². The number of hydrogen-bond acceptors (Lipinski definition) is 4. The Labute approximate surface area is 140 Å². The summed E-state index contributed by atoms with van der Waals surface area (Å²) in [4.78, 5) is 15.6. The Morgan fingerprint density at radius 1 is 1.12 bits per heavy atom. The van der Waals surface area contributed by atoms with Gasteiger partial charge in [0.05, 0.1) is 11.4 Å². The summed E-state index contributed by atoms with van der Waals surface area (Å²) >= 11 is 0. The SMILES string of the molecule is CC(=O)Nc1ccccc1N=C(NC#N)Oc1c(C)cccc1C. The van der Waals surface area contributed by atoms with Crippen molar-refractivity contribution in [1.29, 1.82) is 5.26 Å². The fraction of sp³-hybridized carbons (Fsp3) is 0.167. The third-order valence-corrected chi connectivity index (χ3v) is 3.21. The Morgan fingerprint density at radius 3 is 2.42 bits per heavy atom. The molecule has 6 heteroatoms. The zero-order chi connectivity index (χ0) is 17.5. The van der Waals surface area contributed by atoms with Gasteiger partial charge in [-0.05, 0) is 37.1 Å². The number of carbonyl (C=O) groups is 1. The molecule has 6 nitrogen and oxygen atoms in total.